The summed E-state index contributed by atoms with van der Waals surface area (Å²) in [6, 6.07) is 12.4. The van der Waals surface area contributed by atoms with Crippen molar-refractivity contribution in [2.75, 3.05) is 5.32 Å². The lowest BCUT2D eigenvalue weighted by Crippen LogP contribution is -2.34. The number of aromatic amines is 1. The average molecular weight is 284 g/mol. The van der Waals surface area contributed by atoms with Crippen LogP contribution in [0.3, 0.4) is 0 Å². The molecule has 2 aromatic heterocycles. The molecule has 0 aliphatic heterocycles. The van der Waals surface area contributed by atoms with Crippen molar-refractivity contribution in [3.63, 3.8) is 0 Å². The van der Waals surface area contributed by atoms with Crippen molar-refractivity contribution >= 4 is 5.82 Å². The van der Waals surface area contributed by atoms with Gasteiger partial charge in [0.25, 0.3) is 5.56 Å². The molecule has 0 unspecified atom stereocenters. The van der Waals surface area contributed by atoms with Gasteiger partial charge < -0.3 is 9.84 Å². The predicted molar refractivity (Wildman–Crippen MR) is 76.5 cm³/mol. The van der Waals surface area contributed by atoms with Gasteiger partial charge in [0.1, 0.15) is 12.1 Å². The van der Waals surface area contributed by atoms with Gasteiger partial charge in [-0.15, -0.1) is 0 Å². The first-order chi connectivity index (χ1) is 10.2. The van der Waals surface area contributed by atoms with Gasteiger partial charge in [0, 0.05) is 18.7 Å². The Balaban J connectivity index is 1.86. The molecule has 1 aromatic carbocycles. The Morgan fingerprint density at radius 1 is 1.19 bits per heavy atom. The van der Waals surface area contributed by atoms with Gasteiger partial charge in [0.2, 0.25) is 0 Å². The van der Waals surface area contributed by atoms with Gasteiger partial charge in [-0.05, 0) is 5.56 Å². The number of benzene rings is 1. The van der Waals surface area contributed by atoms with E-state index in [4.69, 9.17) is 0 Å². The topological polar surface area (TPSA) is 92.9 Å². The molecule has 2 heterocycles. The number of hydrogen-bond donors (Lipinski definition) is 2. The van der Waals surface area contributed by atoms with E-state index in [1.54, 1.807) is 0 Å². The molecule has 3 aromatic rings. The highest BCUT2D eigenvalue weighted by Crippen LogP contribution is 2.03. The highest BCUT2D eigenvalue weighted by Gasteiger charge is 2.08. The van der Waals surface area contributed by atoms with Crippen molar-refractivity contribution in [3.05, 3.63) is 75.1 Å². The fraction of sp³-hybridized carbons (Fsp3) is 0.0714. The van der Waals surface area contributed by atoms with E-state index >= 15 is 0 Å². The fourth-order valence-corrected chi connectivity index (χ4v) is 1.92. The summed E-state index contributed by atoms with van der Waals surface area (Å²) in [5.41, 5.74) is -0.0193. The number of aromatic nitrogens is 3. The molecule has 2 N–H and O–H groups in total. The van der Waals surface area contributed by atoms with Crippen molar-refractivity contribution < 1.29 is 4.52 Å². The summed E-state index contributed by atoms with van der Waals surface area (Å²) >= 11 is 0. The zero-order chi connectivity index (χ0) is 14.7. The molecule has 0 spiro atoms. The number of anilines is 1. The summed E-state index contributed by atoms with van der Waals surface area (Å²) in [6.45, 7) is 0.504. The molecule has 3 rings (SSSR count). The Kier molecular flexibility index (Phi) is 3.38. The van der Waals surface area contributed by atoms with Gasteiger partial charge in [0.05, 0.1) is 0 Å². The van der Waals surface area contributed by atoms with E-state index in [1.807, 2.05) is 30.3 Å². The molecule has 0 aliphatic rings. The maximum Gasteiger partial charge on any atom is 0.335 e. The zero-order valence-electron chi connectivity index (χ0n) is 10.9. The van der Waals surface area contributed by atoms with E-state index in [1.165, 1.54) is 18.4 Å². The molecule has 0 fully saturated rings. The molecule has 21 heavy (non-hydrogen) atoms. The van der Waals surface area contributed by atoms with E-state index in [-0.39, 0.29) is 5.82 Å². The van der Waals surface area contributed by atoms with Crippen LogP contribution in [0.2, 0.25) is 0 Å². The quantitative estimate of drug-likeness (QED) is 0.749. The van der Waals surface area contributed by atoms with Gasteiger partial charge in [-0.2, -0.15) is 0 Å². The van der Waals surface area contributed by atoms with Crippen LogP contribution in [-0.4, -0.2) is 14.7 Å². The van der Waals surface area contributed by atoms with Gasteiger partial charge in [0.15, 0.2) is 5.82 Å². The van der Waals surface area contributed by atoms with Crippen molar-refractivity contribution in [1.29, 1.82) is 0 Å². The van der Waals surface area contributed by atoms with Crippen LogP contribution in [0.5, 0.6) is 0 Å². The monoisotopic (exact) mass is 284 g/mol. The number of nitrogens with one attached hydrogen (secondary N) is 2. The van der Waals surface area contributed by atoms with E-state index < -0.39 is 11.2 Å². The van der Waals surface area contributed by atoms with Crippen molar-refractivity contribution in [3.8, 4) is 5.82 Å². The maximum absolute atomic E-state index is 12.0. The highest BCUT2D eigenvalue weighted by molar-refractivity contribution is 5.35. The zero-order valence-corrected chi connectivity index (χ0v) is 10.9. The second kappa shape index (κ2) is 5.49. The van der Waals surface area contributed by atoms with Crippen LogP contribution in [0, 0.1) is 0 Å². The van der Waals surface area contributed by atoms with Crippen LogP contribution in [-0.2, 0) is 6.54 Å². The second-order valence-electron chi connectivity index (χ2n) is 4.36. The van der Waals surface area contributed by atoms with E-state index in [0.717, 1.165) is 10.1 Å². The highest BCUT2D eigenvalue weighted by atomic mass is 16.5. The second-order valence-corrected chi connectivity index (χ2v) is 4.36. The Hall–Kier alpha value is -3.09. The summed E-state index contributed by atoms with van der Waals surface area (Å²) in [5.74, 6) is 0.504. The van der Waals surface area contributed by atoms with Gasteiger partial charge in [-0.1, -0.05) is 35.5 Å². The third-order valence-electron chi connectivity index (χ3n) is 2.91. The van der Waals surface area contributed by atoms with Crippen LogP contribution < -0.4 is 16.6 Å². The predicted octanol–water partition coefficient (Wildman–Crippen LogP) is 1.13. The molecular formula is C14H12N4O3. The molecule has 0 aliphatic carbocycles. The molecule has 106 valence electrons. The summed E-state index contributed by atoms with van der Waals surface area (Å²) in [5, 5.41) is 6.58. The minimum absolute atomic E-state index is 0.149. The maximum atomic E-state index is 12.0. The van der Waals surface area contributed by atoms with Crippen LogP contribution >= 0.6 is 0 Å². The molecule has 0 saturated heterocycles. The third-order valence-corrected chi connectivity index (χ3v) is 2.91. The van der Waals surface area contributed by atoms with E-state index in [9.17, 15) is 9.59 Å². The molecule has 7 heteroatoms. The Morgan fingerprint density at radius 3 is 2.67 bits per heavy atom. The molecule has 0 bridgehead atoms. The van der Waals surface area contributed by atoms with Crippen LogP contribution in [0.25, 0.3) is 5.82 Å². The smallest absolute Gasteiger partial charge is 0.335 e. The number of H-pyrrole nitrogens is 1. The summed E-state index contributed by atoms with van der Waals surface area (Å²) < 4.78 is 5.54. The Labute approximate surface area is 118 Å². The van der Waals surface area contributed by atoms with Gasteiger partial charge >= 0.3 is 5.69 Å². The molecule has 0 radical (unpaired) electrons. The van der Waals surface area contributed by atoms with Crippen LogP contribution in [0.15, 0.2) is 62.8 Å². The summed E-state index contributed by atoms with van der Waals surface area (Å²) in [7, 11) is 0. The first kappa shape index (κ1) is 12.9. The third kappa shape index (κ3) is 2.76. The lowest BCUT2D eigenvalue weighted by atomic mass is 10.2. The van der Waals surface area contributed by atoms with E-state index in [2.05, 4.69) is 20.0 Å². The van der Waals surface area contributed by atoms with E-state index in [0.29, 0.717) is 12.4 Å². The minimum atomic E-state index is -0.577. The summed E-state index contributed by atoms with van der Waals surface area (Å²) in [6.07, 6.45) is 1.29. The van der Waals surface area contributed by atoms with Crippen molar-refractivity contribution in [2.45, 2.75) is 6.54 Å². The van der Waals surface area contributed by atoms with Crippen molar-refractivity contribution in [2.24, 2.45) is 0 Å². The first-order valence-corrected chi connectivity index (χ1v) is 6.29. The standard InChI is InChI=1S/C14H12N4O3/c19-13-8-11(15-9-10-4-2-1-3-5-10)16-14(20)18(13)12-6-7-21-17-12/h1-8,15H,9H2,(H,16,20). The molecule has 7 nitrogen and oxygen atoms in total. The fourth-order valence-electron chi connectivity index (χ4n) is 1.92. The molecular weight excluding hydrogens is 272 g/mol. The molecule has 0 atom stereocenters. The van der Waals surface area contributed by atoms with Crippen LogP contribution in [0.1, 0.15) is 5.56 Å². The lowest BCUT2D eigenvalue weighted by Gasteiger charge is -2.07. The molecule has 0 saturated carbocycles. The molecule has 0 amide bonds. The normalized spacial score (nSPS) is 10.5. The number of rotatable bonds is 4. The Morgan fingerprint density at radius 2 is 2.00 bits per heavy atom. The summed E-state index contributed by atoms with van der Waals surface area (Å²) in [4.78, 5) is 26.5. The SMILES string of the molecule is O=c1cc(NCc2ccccc2)[nH]c(=O)n1-c1ccon1. The average Bonchev–Trinajstić information content (AvgIpc) is 2.99. The van der Waals surface area contributed by atoms with Crippen molar-refractivity contribution in [1.82, 2.24) is 14.7 Å². The first-order valence-electron chi connectivity index (χ1n) is 6.29. The number of hydrogen-bond acceptors (Lipinski definition) is 5. The lowest BCUT2D eigenvalue weighted by molar-refractivity contribution is 0.415. The largest absolute Gasteiger partial charge is 0.367 e. The van der Waals surface area contributed by atoms with Gasteiger partial charge in [-0.3, -0.25) is 9.78 Å². The number of nitrogens with zero attached hydrogens (tertiary/aromatic N) is 2. The van der Waals surface area contributed by atoms with Crippen LogP contribution in [0.4, 0.5) is 5.82 Å². The minimum Gasteiger partial charge on any atom is -0.367 e. The van der Waals surface area contributed by atoms with Gasteiger partial charge in [-0.25, -0.2) is 9.36 Å². The Bertz CT molecular complexity index is 803.